The third kappa shape index (κ3) is 2.19. The summed E-state index contributed by atoms with van der Waals surface area (Å²) in [5.41, 5.74) is 2.52. The summed E-state index contributed by atoms with van der Waals surface area (Å²) < 4.78 is 13.2. The fourth-order valence-corrected chi connectivity index (χ4v) is 2.29. The maximum atomic E-state index is 13.2. The Hall–Kier alpha value is -2.30. The van der Waals surface area contributed by atoms with E-state index >= 15 is 0 Å². The van der Waals surface area contributed by atoms with Gasteiger partial charge in [-0.2, -0.15) is 0 Å². The van der Waals surface area contributed by atoms with E-state index in [1.165, 1.54) is 12.1 Å². The fraction of sp³-hybridized carbons (Fsp3) is 0.214. The monoisotopic (exact) mass is 256 g/mol. The van der Waals surface area contributed by atoms with Crippen LogP contribution < -0.4 is 0 Å². The van der Waals surface area contributed by atoms with Gasteiger partial charge in [0, 0.05) is 18.3 Å². The fourth-order valence-electron chi connectivity index (χ4n) is 2.29. The number of benzene rings is 1. The second-order valence-electron chi connectivity index (χ2n) is 4.60. The van der Waals surface area contributed by atoms with Crippen molar-refractivity contribution in [2.24, 2.45) is 0 Å². The van der Waals surface area contributed by atoms with Crippen molar-refractivity contribution in [3.05, 3.63) is 58.9 Å². The van der Waals surface area contributed by atoms with Crippen molar-refractivity contribution >= 4 is 5.84 Å². The maximum absolute atomic E-state index is 13.2. The Bertz CT molecular complexity index is 654. The summed E-state index contributed by atoms with van der Waals surface area (Å²) in [6.07, 6.45) is 1.71. The minimum Gasteiger partial charge on any atom is -0.346 e. The molecule has 19 heavy (non-hydrogen) atoms. The van der Waals surface area contributed by atoms with E-state index in [1.54, 1.807) is 12.3 Å². The van der Waals surface area contributed by atoms with Crippen molar-refractivity contribution in [1.29, 1.82) is 5.41 Å². The first-order valence-electron chi connectivity index (χ1n) is 6.04. The van der Waals surface area contributed by atoms with E-state index in [0.717, 1.165) is 11.3 Å². The van der Waals surface area contributed by atoms with Gasteiger partial charge >= 0.3 is 0 Å². The van der Waals surface area contributed by atoms with Crippen LogP contribution in [0.4, 0.5) is 4.39 Å². The van der Waals surface area contributed by atoms with E-state index in [4.69, 9.17) is 5.41 Å². The van der Waals surface area contributed by atoms with Crippen molar-refractivity contribution < 1.29 is 4.39 Å². The average molecular weight is 256 g/mol. The van der Waals surface area contributed by atoms with Crippen LogP contribution in [-0.4, -0.2) is 20.7 Å². The molecule has 0 atom stereocenters. The van der Waals surface area contributed by atoms with Gasteiger partial charge in [0.2, 0.25) is 0 Å². The Morgan fingerprint density at radius 3 is 3.00 bits per heavy atom. The van der Waals surface area contributed by atoms with Crippen LogP contribution in [0.2, 0.25) is 0 Å². The molecule has 0 spiro atoms. The van der Waals surface area contributed by atoms with E-state index in [2.05, 4.69) is 9.97 Å². The van der Waals surface area contributed by atoms with Gasteiger partial charge in [0.05, 0.1) is 12.2 Å². The molecule has 0 saturated heterocycles. The normalized spacial score (nSPS) is 13.8. The SMILES string of the molecule is Cc1nccc(CN2Cc3ccc(F)cc3C2=N)n1. The molecule has 0 unspecified atom stereocenters. The summed E-state index contributed by atoms with van der Waals surface area (Å²) in [7, 11) is 0. The Morgan fingerprint density at radius 2 is 2.21 bits per heavy atom. The minimum absolute atomic E-state index is 0.303. The second kappa shape index (κ2) is 4.42. The first-order valence-corrected chi connectivity index (χ1v) is 6.04. The molecule has 1 aromatic heterocycles. The van der Waals surface area contributed by atoms with E-state index in [-0.39, 0.29) is 5.82 Å². The summed E-state index contributed by atoms with van der Waals surface area (Å²) >= 11 is 0. The number of hydrogen-bond donors (Lipinski definition) is 1. The predicted molar refractivity (Wildman–Crippen MR) is 69.2 cm³/mol. The molecule has 5 heteroatoms. The number of fused-ring (bicyclic) bond motifs is 1. The van der Waals surface area contributed by atoms with E-state index < -0.39 is 0 Å². The van der Waals surface area contributed by atoms with Crippen LogP contribution in [0, 0.1) is 18.2 Å². The zero-order valence-electron chi connectivity index (χ0n) is 10.5. The number of rotatable bonds is 2. The summed E-state index contributed by atoms with van der Waals surface area (Å²) in [5, 5.41) is 8.10. The van der Waals surface area contributed by atoms with Gasteiger partial charge in [0.1, 0.15) is 17.5 Å². The molecule has 1 aliphatic heterocycles. The lowest BCUT2D eigenvalue weighted by atomic mass is 10.1. The van der Waals surface area contributed by atoms with Crippen LogP contribution in [0.25, 0.3) is 0 Å². The number of hydrogen-bond acceptors (Lipinski definition) is 3. The van der Waals surface area contributed by atoms with Gasteiger partial charge in [-0.1, -0.05) is 6.07 Å². The molecule has 0 fully saturated rings. The summed E-state index contributed by atoms with van der Waals surface area (Å²) in [6, 6.07) is 6.43. The van der Waals surface area contributed by atoms with Crippen LogP contribution in [0.1, 0.15) is 22.6 Å². The zero-order chi connectivity index (χ0) is 13.4. The standard InChI is InChI=1S/C14H13FN4/c1-9-17-5-4-12(18-9)8-19-7-10-2-3-11(15)6-13(10)14(19)16/h2-6,16H,7-8H2,1H3. The van der Waals surface area contributed by atoms with Crippen LogP contribution >= 0.6 is 0 Å². The Balaban J connectivity index is 1.84. The molecule has 0 amide bonds. The quantitative estimate of drug-likeness (QED) is 0.896. The Kier molecular flexibility index (Phi) is 2.74. The summed E-state index contributed by atoms with van der Waals surface area (Å²) in [5.74, 6) is 0.765. The first-order chi connectivity index (χ1) is 9.13. The number of nitrogens with zero attached hydrogens (tertiary/aromatic N) is 3. The molecule has 2 aromatic rings. The lowest BCUT2D eigenvalue weighted by Crippen LogP contribution is -2.24. The minimum atomic E-state index is -0.303. The lowest BCUT2D eigenvalue weighted by Gasteiger charge is -2.17. The van der Waals surface area contributed by atoms with Gasteiger partial charge in [-0.25, -0.2) is 14.4 Å². The molecule has 2 heterocycles. The van der Waals surface area contributed by atoms with Crippen molar-refractivity contribution in [2.75, 3.05) is 0 Å². The molecule has 1 aromatic carbocycles. The van der Waals surface area contributed by atoms with Crippen molar-refractivity contribution in [2.45, 2.75) is 20.0 Å². The lowest BCUT2D eigenvalue weighted by molar-refractivity contribution is 0.415. The zero-order valence-corrected chi connectivity index (χ0v) is 10.5. The highest BCUT2D eigenvalue weighted by atomic mass is 19.1. The molecule has 1 aliphatic rings. The largest absolute Gasteiger partial charge is 0.346 e. The number of aromatic nitrogens is 2. The molecule has 0 radical (unpaired) electrons. The molecular weight excluding hydrogens is 243 g/mol. The van der Waals surface area contributed by atoms with Gasteiger partial charge < -0.3 is 4.90 Å². The van der Waals surface area contributed by atoms with Gasteiger partial charge in [0.15, 0.2) is 0 Å². The molecular formula is C14H13FN4. The maximum Gasteiger partial charge on any atom is 0.129 e. The number of aryl methyl sites for hydroxylation is 1. The van der Waals surface area contributed by atoms with Gasteiger partial charge in [0.25, 0.3) is 0 Å². The second-order valence-corrected chi connectivity index (χ2v) is 4.60. The predicted octanol–water partition coefficient (Wildman–Crippen LogP) is 2.27. The summed E-state index contributed by atoms with van der Waals surface area (Å²) in [6.45, 7) is 3.00. The molecule has 4 nitrogen and oxygen atoms in total. The highest BCUT2D eigenvalue weighted by molar-refractivity contribution is 6.00. The number of amidine groups is 1. The van der Waals surface area contributed by atoms with Gasteiger partial charge in [-0.05, 0) is 30.7 Å². The van der Waals surface area contributed by atoms with Crippen molar-refractivity contribution in [3.63, 3.8) is 0 Å². The molecule has 1 N–H and O–H groups in total. The molecule has 96 valence electrons. The number of nitrogens with one attached hydrogen (secondary N) is 1. The highest BCUT2D eigenvalue weighted by Crippen LogP contribution is 2.24. The molecule has 0 bridgehead atoms. The van der Waals surface area contributed by atoms with E-state index in [9.17, 15) is 4.39 Å². The first kappa shape index (κ1) is 11.8. The Morgan fingerprint density at radius 1 is 1.37 bits per heavy atom. The van der Waals surface area contributed by atoms with Crippen molar-refractivity contribution in [1.82, 2.24) is 14.9 Å². The summed E-state index contributed by atoms with van der Waals surface area (Å²) in [4.78, 5) is 10.3. The topological polar surface area (TPSA) is 52.9 Å². The van der Waals surface area contributed by atoms with E-state index in [0.29, 0.717) is 30.3 Å². The smallest absolute Gasteiger partial charge is 0.129 e. The molecule has 0 aliphatic carbocycles. The van der Waals surface area contributed by atoms with Crippen molar-refractivity contribution in [3.8, 4) is 0 Å². The van der Waals surface area contributed by atoms with Crippen LogP contribution in [0.15, 0.2) is 30.5 Å². The average Bonchev–Trinajstić information content (AvgIpc) is 2.67. The van der Waals surface area contributed by atoms with Crippen LogP contribution in [0.3, 0.4) is 0 Å². The Labute approximate surface area is 110 Å². The number of halogens is 1. The third-order valence-corrected chi connectivity index (χ3v) is 3.19. The van der Waals surface area contributed by atoms with E-state index in [1.807, 2.05) is 17.9 Å². The van der Waals surface area contributed by atoms with Gasteiger partial charge in [-0.15, -0.1) is 0 Å². The van der Waals surface area contributed by atoms with Crippen LogP contribution in [-0.2, 0) is 13.1 Å². The molecule has 3 rings (SSSR count). The third-order valence-electron chi connectivity index (χ3n) is 3.19. The molecule has 0 saturated carbocycles. The highest BCUT2D eigenvalue weighted by Gasteiger charge is 2.24. The van der Waals surface area contributed by atoms with Gasteiger partial charge in [-0.3, -0.25) is 5.41 Å². The van der Waals surface area contributed by atoms with Crippen LogP contribution in [0.5, 0.6) is 0 Å².